The Kier molecular flexibility index (Phi) is 5.39. The zero-order chi connectivity index (χ0) is 12.9. The third-order valence-corrected chi connectivity index (χ3v) is 4.29. The van der Waals surface area contributed by atoms with Gasteiger partial charge in [0, 0.05) is 13.1 Å². The lowest BCUT2D eigenvalue weighted by Gasteiger charge is -2.09. The number of benzene rings is 1. The van der Waals surface area contributed by atoms with Gasteiger partial charge in [0.05, 0.1) is 5.02 Å². The standard InChI is InChI=1S/C11H17ClN2O2S/c1-2-3-6-14-17(15,16)11-7-9(8-13)4-5-10(11)12/h4-5,7,14H,2-3,6,8,13H2,1H3. The topological polar surface area (TPSA) is 72.2 Å². The molecule has 1 aromatic carbocycles. The summed E-state index contributed by atoms with van der Waals surface area (Å²) in [4.78, 5) is 0.0956. The van der Waals surface area contributed by atoms with Crippen molar-refractivity contribution >= 4 is 21.6 Å². The van der Waals surface area contributed by atoms with Gasteiger partial charge < -0.3 is 5.73 Å². The first-order valence-corrected chi connectivity index (χ1v) is 7.35. The zero-order valence-corrected chi connectivity index (χ0v) is 11.3. The van der Waals surface area contributed by atoms with E-state index >= 15 is 0 Å². The van der Waals surface area contributed by atoms with E-state index in [1.807, 2.05) is 6.92 Å². The van der Waals surface area contributed by atoms with Crippen molar-refractivity contribution < 1.29 is 8.42 Å². The minimum absolute atomic E-state index is 0.0956. The van der Waals surface area contributed by atoms with Crippen LogP contribution in [0.4, 0.5) is 0 Å². The predicted molar refractivity (Wildman–Crippen MR) is 69.4 cm³/mol. The van der Waals surface area contributed by atoms with Crippen molar-refractivity contribution in [2.75, 3.05) is 6.54 Å². The van der Waals surface area contributed by atoms with Gasteiger partial charge in [-0.1, -0.05) is 31.0 Å². The highest BCUT2D eigenvalue weighted by Crippen LogP contribution is 2.22. The molecular formula is C11H17ClN2O2S. The minimum Gasteiger partial charge on any atom is -0.326 e. The molecule has 96 valence electrons. The minimum atomic E-state index is -3.53. The Morgan fingerprint density at radius 2 is 2.12 bits per heavy atom. The van der Waals surface area contributed by atoms with Gasteiger partial charge >= 0.3 is 0 Å². The number of unbranched alkanes of at least 4 members (excludes halogenated alkanes) is 1. The molecule has 17 heavy (non-hydrogen) atoms. The molecule has 0 saturated carbocycles. The zero-order valence-electron chi connectivity index (χ0n) is 9.74. The van der Waals surface area contributed by atoms with Crippen molar-refractivity contribution in [3.05, 3.63) is 28.8 Å². The van der Waals surface area contributed by atoms with Crippen LogP contribution in [0.5, 0.6) is 0 Å². The second kappa shape index (κ2) is 6.35. The molecule has 0 aliphatic carbocycles. The molecule has 1 aromatic rings. The second-order valence-corrected chi connectivity index (χ2v) is 5.86. The van der Waals surface area contributed by atoms with E-state index in [1.54, 1.807) is 12.1 Å². The number of nitrogens with two attached hydrogens (primary N) is 1. The first-order valence-electron chi connectivity index (χ1n) is 5.49. The van der Waals surface area contributed by atoms with Crippen molar-refractivity contribution in [2.24, 2.45) is 5.73 Å². The maximum Gasteiger partial charge on any atom is 0.242 e. The summed E-state index contributed by atoms with van der Waals surface area (Å²) < 4.78 is 26.4. The Hall–Kier alpha value is -0.620. The van der Waals surface area contributed by atoms with Crippen molar-refractivity contribution in [1.29, 1.82) is 0 Å². The van der Waals surface area contributed by atoms with E-state index in [1.165, 1.54) is 6.07 Å². The second-order valence-electron chi connectivity index (χ2n) is 3.72. The van der Waals surface area contributed by atoms with Crippen LogP contribution in [0.1, 0.15) is 25.3 Å². The highest BCUT2D eigenvalue weighted by atomic mass is 35.5. The lowest BCUT2D eigenvalue weighted by molar-refractivity contribution is 0.578. The molecule has 6 heteroatoms. The quantitative estimate of drug-likeness (QED) is 0.779. The molecular weight excluding hydrogens is 260 g/mol. The van der Waals surface area contributed by atoms with Crippen molar-refractivity contribution in [3.63, 3.8) is 0 Å². The van der Waals surface area contributed by atoms with Crippen LogP contribution in [0, 0.1) is 0 Å². The molecule has 4 nitrogen and oxygen atoms in total. The molecule has 0 aliphatic heterocycles. The molecule has 0 aromatic heterocycles. The lowest BCUT2D eigenvalue weighted by Crippen LogP contribution is -2.25. The van der Waals surface area contributed by atoms with Gasteiger partial charge in [0.2, 0.25) is 10.0 Å². The smallest absolute Gasteiger partial charge is 0.242 e. The van der Waals surface area contributed by atoms with E-state index in [-0.39, 0.29) is 16.5 Å². The monoisotopic (exact) mass is 276 g/mol. The van der Waals surface area contributed by atoms with E-state index in [2.05, 4.69) is 4.72 Å². The lowest BCUT2D eigenvalue weighted by atomic mass is 10.2. The molecule has 0 fully saturated rings. The van der Waals surface area contributed by atoms with Gasteiger partial charge in [0.15, 0.2) is 0 Å². The van der Waals surface area contributed by atoms with E-state index in [0.29, 0.717) is 6.54 Å². The Morgan fingerprint density at radius 1 is 1.41 bits per heavy atom. The van der Waals surface area contributed by atoms with Gasteiger partial charge in [-0.25, -0.2) is 13.1 Å². The van der Waals surface area contributed by atoms with Gasteiger partial charge in [0.25, 0.3) is 0 Å². The normalized spacial score (nSPS) is 11.7. The van der Waals surface area contributed by atoms with Crippen LogP contribution < -0.4 is 10.5 Å². The molecule has 0 amide bonds. The molecule has 0 unspecified atom stereocenters. The summed E-state index contributed by atoms with van der Waals surface area (Å²) >= 11 is 5.89. The highest BCUT2D eigenvalue weighted by Gasteiger charge is 2.17. The van der Waals surface area contributed by atoms with Gasteiger partial charge in [0.1, 0.15) is 4.90 Å². The summed E-state index contributed by atoms with van der Waals surface area (Å²) in [6.45, 7) is 2.70. The summed E-state index contributed by atoms with van der Waals surface area (Å²) in [5.74, 6) is 0. The summed E-state index contributed by atoms with van der Waals surface area (Å²) in [5.41, 5.74) is 6.22. The number of halogens is 1. The van der Waals surface area contributed by atoms with Crippen LogP contribution in [0.3, 0.4) is 0 Å². The average molecular weight is 277 g/mol. The third-order valence-electron chi connectivity index (χ3n) is 2.34. The maximum atomic E-state index is 12.0. The molecule has 0 heterocycles. The highest BCUT2D eigenvalue weighted by molar-refractivity contribution is 7.89. The third kappa shape index (κ3) is 3.96. The predicted octanol–water partition coefficient (Wildman–Crippen LogP) is 1.88. The molecule has 0 spiro atoms. The average Bonchev–Trinajstić information content (AvgIpc) is 2.29. The van der Waals surface area contributed by atoms with Gasteiger partial charge in [-0.2, -0.15) is 0 Å². The van der Waals surface area contributed by atoms with Crippen LogP contribution >= 0.6 is 11.6 Å². The van der Waals surface area contributed by atoms with Crippen LogP contribution in [0.25, 0.3) is 0 Å². The number of hydrogen-bond donors (Lipinski definition) is 2. The summed E-state index contributed by atoms with van der Waals surface area (Å²) in [7, 11) is -3.53. The van der Waals surface area contributed by atoms with Gasteiger partial charge in [-0.05, 0) is 24.1 Å². The number of rotatable bonds is 6. The number of sulfonamides is 1. The Balaban J connectivity index is 2.97. The fourth-order valence-electron chi connectivity index (χ4n) is 1.34. The first kappa shape index (κ1) is 14.4. The van der Waals surface area contributed by atoms with E-state index in [9.17, 15) is 8.42 Å². The Labute approximate surface area is 107 Å². The fraction of sp³-hybridized carbons (Fsp3) is 0.455. The van der Waals surface area contributed by atoms with E-state index < -0.39 is 10.0 Å². The number of hydrogen-bond acceptors (Lipinski definition) is 3. The summed E-state index contributed by atoms with van der Waals surface area (Å²) in [5, 5.41) is 0.214. The SMILES string of the molecule is CCCCNS(=O)(=O)c1cc(CN)ccc1Cl. The van der Waals surface area contributed by atoms with Crippen molar-refractivity contribution in [2.45, 2.75) is 31.2 Å². The first-order chi connectivity index (χ1) is 8.01. The Morgan fingerprint density at radius 3 is 2.71 bits per heavy atom. The van der Waals surface area contributed by atoms with E-state index in [0.717, 1.165) is 18.4 Å². The van der Waals surface area contributed by atoms with Crippen LogP contribution in [0.2, 0.25) is 5.02 Å². The van der Waals surface area contributed by atoms with Crippen molar-refractivity contribution in [3.8, 4) is 0 Å². The Bertz CT molecular complexity index is 474. The fourth-order valence-corrected chi connectivity index (χ4v) is 2.96. The molecule has 3 N–H and O–H groups in total. The van der Waals surface area contributed by atoms with Crippen LogP contribution in [-0.4, -0.2) is 15.0 Å². The number of nitrogens with one attached hydrogen (secondary N) is 1. The van der Waals surface area contributed by atoms with Crippen molar-refractivity contribution in [1.82, 2.24) is 4.72 Å². The maximum absolute atomic E-state index is 12.0. The molecule has 0 aliphatic rings. The van der Waals surface area contributed by atoms with E-state index in [4.69, 9.17) is 17.3 Å². The summed E-state index contributed by atoms with van der Waals surface area (Å²) in [6.07, 6.45) is 1.73. The van der Waals surface area contributed by atoms with Crippen LogP contribution in [-0.2, 0) is 16.6 Å². The molecule has 1 rings (SSSR count). The molecule has 0 radical (unpaired) electrons. The molecule has 0 saturated heterocycles. The van der Waals surface area contributed by atoms with Gasteiger partial charge in [-0.3, -0.25) is 0 Å². The van der Waals surface area contributed by atoms with Crippen LogP contribution in [0.15, 0.2) is 23.1 Å². The largest absolute Gasteiger partial charge is 0.326 e. The molecule has 0 atom stereocenters. The summed E-state index contributed by atoms with van der Waals surface area (Å²) in [6, 6.07) is 4.78. The van der Waals surface area contributed by atoms with Gasteiger partial charge in [-0.15, -0.1) is 0 Å². The molecule has 0 bridgehead atoms.